The Hall–Kier alpha value is -2.88. The van der Waals surface area contributed by atoms with Crippen LogP contribution in [0.15, 0.2) is 54.6 Å². The molecule has 1 amide bonds. The fourth-order valence-electron chi connectivity index (χ4n) is 1.90. The third-order valence-corrected chi connectivity index (χ3v) is 2.90. The predicted molar refractivity (Wildman–Crippen MR) is 86.7 cm³/mol. The Morgan fingerprint density at radius 2 is 1.41 bits per heavy atom. The Kier molecular flexibility index (Phi) is 5.09. The Morgan fingerprint density at radius 1 is 0.864 bits per heavy atom. The number of rotatable bonds is 3. The van der Waals surface area contributed by atoms with E-state index in [0.29, 0.717) is 5.69 Å². The molecule has 0 atom stereocenters. The van der Waals surface area contributed by atoms with Crippen LogP contribution in [0.25, 0.3) is 12.2 Å². The molecule has 0 fully saturated rings. The summed E-state index contributed by atoms with van der Waals surface area (Å²) in [6, 6.07) is 17.1. The minimum absolute atomic E-state index is 0.359. The maximum absolute atomic E-state index is 11.5. The molecular weight excluding hydrogens is 278 g/mol. The van der Waals surface area contributed by atoms with Gasteiger partial charge in [0, 0.05) is 13.8 Å². The Morgan fingerprint density at radius 3 is 1.91 bits per heavy atom. The fraction of sp³-hybridized carbons (Fsp3) is 0.111. The molecule has 2 aromatic carbocycles. The highest BCUT2D eigenvalue weighted by molar-refractivity contribution is 5.91. The number of nitrogens with zero attached hydrogens (tertiary/aromatic N) is 1. The molecule has 0 aromatic heterocycles. The number of hydroxylamine groups is 1. The van der Waals surface area contributed by atoms with Gasteiger partial charge in [-0.1, -0.05) is 54.6 Å². The molecule has 0 aliphatic heterocycles. The normalized spacial score (nSPS) is 10.5. The minimum Gasteiger partial charge on any atom is -0.334 e. The van der Waals surface area contributed by atoms with E-state index in [1.165, 1.54) is 13.8 Å². The van der Waals surface area contributed by atoms with Gasteiger partial charge in [-0.25, -0.2) is 4.79 Å². The van der Waals surface area contributed by atoms with Crippen LogP contribution in [-0.2, 0) is 14.4 Å². The summed E-state index contributed by atoms with van der Waals surface area (Å²) in [5.74, 6) is -0.897. The van der Waals surface area contributed by atoms with Crippen molar-refractivity contribution in [2.24, 2.45) is 0 Å². The highest BCUT2D eigenvalue weighted by Gasteiger charge is 2.14. The first kappa shape index (κ1) is 15.5. The predicted octanol–water partition coefficient (Wildman–Crippen LogP) is 3.69. The molecule has 22 heavy (non-hydrogen) atoms. The lowest BCUT2D eigenvalue weighted by Gasteiger charge is -2.18. The van der Waals surface area contributed by atoms with Gasteiger partial charge in [0.05, 0.1) is 5.69 Å². The average Bonchev–Trinajstić information content (AvgIpc) is 2.52. The molecule has 0 saturated heterocycles. The zero-order chi connectivity index (χ0) is 15.9. The van der Waals surface area contributed by atoms with Crippen molar-refractivity contribution in [1.82, 2.24) is 0 Å². The van der Waals surface area contributed by atoms with E-state index in [4.69, 9.17) is 4.84 Å². The number of hydrogen-bond acceptors (Lipinski definition) is 3. The van der Waals surface area contributed by atoms with Crippen molar-refractivity contribution in [3.63, 3.8) is 0 Å². The zero-order valence-corrected chi connectivity index (χ0v) is 12.5. The average molecular weight is 295 g/mol. The summed E-state index contributed by atoms with van der Waals surface area (Å²) in [5, 5.41) is 0.979. The number of benzene rings is 2. The van der Waals surface area contributed by atoms with Crippen molar-refractivity contribution in [1.29, 1.82) is 0 Å². The van der Waals surface area contributed by atoms with Gasteiger partial charge in [-0.15, -0.1) is 5.06 Å². The molecule has 0 N–H and O–H groups in total. The lowest BCUT2D eigenvalue weighted by molar-refractivity contribution is -0.147. The molecule has 0 aliphatic rings. The molecule has 0 bridgehead atoms. The van der Waals surface area contributed by atoms with E-state index in [2.05, 4.69) is 0 Å². The summed E-state index contributed by atoms with van der Waals surface area (Å²) in [6.45, 7) is 2.60. The molecule has 2 aromatic rings. The second kappa shape index (κ2) is 7.22. The van der Waals surface area contributed by atoms with Crippen LogP contribution in [0, 0.1) is 0 Å². The second-order valence-electron chi connectivity index (χ2n) is 4.73. The van der Waals surface area contributed by atoms with Crippen molar-refractivity contribution in [2.75, 3.05) is 5.06 Å². The van der Waals surface area contributed by atoms with E-state index >= 15 is 0 Å². The third kappa shape index (κ3) is 4.31. The standard InChI is InChI=1S/C18H17NO3/c1-14(20)19(22-15(2)21)18-12-10-17(11-13-18)9-8-16-6-4-3-5-7-16/h3-13H,1-2H3. The molecule has 0 spiro atoms. The van der Waals surface area contributed by atoms with Crippen LogP contribution in [0.3, 0.4) is 0 Å². The third-order valence-electron chi connectivity index (χ3n) is 2.90. The first-order valence-corrected chi connectivity index (χ1v) is 6.88. The number of hydrogen-bond donors (Lipinski definition) is 0. The van der Waals surface area contributed by atoms with Crippen LogP contribution in [0.4, 0.5) is 5.69 Å². The first-order chi connectivity index (χ1) is 10.6. The van der Waals surface area contributed by atoms with Crippen LogP contribution >= 0.6 is 0 Å². The second-order valence-corrected chi connectivity index (χ2v) is 4.73. The Balaban J connectivity index is 2.14. The summed E-state index contributed by atoms with van der Waals surface area (Å²) >= 11 is 0. The maximum Gasteiger partial charge on any atom is 0.330 e. The van der Waals surface area contributed by atoms with E-state index in [1.807, 2.05) is 54.6 Å². The lowest BCUT2D eigenvalue weighted by Crippen LogP contribution is -2.30. The highest BCUT2D eigenvalue weighted by Crippen LogP contribution is 2.17. The molecule has 4 heteroatoms. The van der Waals surface area contributed by atoms with Gasteiger partial charge in [-0.3, -0.25) is 4.79 Å². The van der Waals surface area contributed by atoms with Gasteiger partial charge in [-0.05, 0) is 23.3 Å². The molecule has 0 heterocycles. The minimum atomic E-state index is -0.539. The molecule has 0 aliphatic carbocycles. The summed E-state index contributed by atoms with van der Waals surface area (Å²) in [7, 11) is 0. The maximum atomic E-state index is 11.5. The van der Waals surface area contributed by atoms with E-state index in [1.54, 1.807) is 12.1 Å². The van der Waals surface area contributed by atoms with Crippen molar-refractivity contribution in [3.8, 4) is 0 Å². The van der Waals surface area contributed by atoms with Gasteiger partial charge in [0.2, 0.25) is 0 Å². The smallest absolute Gasteiger partial charge is 0.330 e. The SMILES string of the molecule is CC(=O)ON(C(C)=O)c1ccc(C=Cc2ccccc2)cc1. The summed E-state index contributed by atoms with van der Waals surface area (Å²) in [6.07, 6.45) is 3.98. The van der Waals surface area contributed by atoms with Gasteiger partial charge >= 0.3 is 5.97 Å². The molecule has 0 saturated carbocycles. The van der Waals surface area contributed by atoms with Gasteiger partial charge in [0.25, 0.3) is 5.91 Å². The zero-order valence-electron chi connectivity index (χ0n) is 12.5. The van der Waals surface area contributed by atoms with Crippen LogP contribution in [0.1, 0.15) is 25.0 Å². The van der Waals surface area contributed by atoms with Crippen LogP contribution in [-0.4, -0.2) is 11.9 Å². The van der Waals surface area contributed by atoms with Gasteiger partial charge < -0.3 is 4.84 Å². The van der Waals surface area contributed by atoms with Crippen molar-refractivity contribution >= 4 is 29.7 Å². The van der Waals surface area contributed by atoms with E-state index in [9.17, 15) is 9.59 Å². The molecule has 112 valence electrons. The first-order valence-electron chi connectivity index (χ1n) is 6.88. The van der Waals surface area contributed by atoms with Crippen molar-refractivity contribution in [2.45, 2.75) is 13.8 Å². The molecule has 0 radical (unpaired) electrons. The van der Waals surface area contributed by atoms with E-state index < -0.39 is 5.97 Å². The Labute approximate surface area is 129 Å². The number of amides is 1. The van der Waals surface area contributed by atoms with Gasteiger partial charge in [0.15, 0.2) is 0 Å². The van der Waals surface area contributed by atoms with E-state index in [0.717, 1.165) is 16.2 Å². The number of carbonyl (C=O) groups excluding carboxylic acids is 2. The Bertz CT molecular complexity index is 675. The van der Waals surface area contributed by atoms with Gasteiger partial charge in [-0.2, -0.15) is 0 Å². The summed E-state index contributed by atoms with van der Waals surface area (Å²) in [5.41, 5.74) is 2.61. The monoisotopic (exact) mass is 295 g/mol. The quantitative estimate of drug-likeness (QED) is 0.641. The fourth-order valence-corrected chi connectivity index (χ4v) is 1.90. The van der Waals surface area contributed by atoms with Crippen LogP contribution < -0.4 is 5.06 Å². The molecule has 0 unspecified atom stereocenters. The number of anilines is 1. The van der Waals surface area contributed by atoms with Crippen LogP contribution in [0.2, 0.25) is 0 Å². The topological polar surface area (TPSA) is 46.6 Å². The largest absolute Gasteiger partial charge is 0.334 e. The summed E-state index contributed by atoms with van der Waals surface area (Å²) in [4.78, 5) is 27.4. The molecular formula is C18H17NO3. The number of carbonyl (C=O) groups is 2. The van der Waals surface area contributed by atoms with Gasteiger partial charge in [0.1, 0.15) is 0 Å². The van der Waals surface area contributed by atoms with E-state index in [-0.39, 0.29) is 5.91 Å². The highest BCUT2D eigenvalue weighted by atomic mass is 16.7. The summed E-state index contributed by atoms with van der Waals surface area (Å²) < 4.78 is 0. The molecule has 2 rings (SSSR count). The van der Waals surface area contributed by atoms with Crippen LogP contribution in [0.5, 0.6) is 0 Å². The van der Waals surface area contributed by atoms with Crippen molar-refractivity contribution < 1.29 is 14.4 Å². The van der Waals surface area contributed by atoms with Crippen molar-refractivity contribution in [3.05, 3.63) is 65.7 Å². The lowest BCUT2D eigenvalue weighted by atomic mass is 10.1. The molecule has 4 nitrogen and oxygen atoms in total.